The van der Waals surface area contributed by atoms with E-state index in [1.165, 1.54) is 6.07 Å². The third kappa shape index (κ3) is 16.7. The van der Waals surface area contributed by atoms with Crippen molar-refractivity contribution in [1.29, 1.82) is 0 Å². The van der Waals surface area contributed by atoms with Gasteiger partial charge in [0, 0.05) is 22.9 Å². The Kier molecular flexibility index (Phi) is 21.4. The first-order chi connectivity index (χ1) is 35.0. The van der Waals surface area contributed by atoms with Crippen molar-refractivity contribution in [2.45, 2.75) is 103 Å². The molecule has 0 radical (unpaired) electrons. The highest BCUT2D eigenvalue weighted by atomic mass is 16.6. The van der Waals surface area contributed by atoms with Crippen LogP contribution in [0.5, 0.6) is 34.5 Å². The fourth-order valence-corrected chi connectivity index (χ4v) is 8.69. The maximum Gasteiger partial charge on any atom is 0.330 e. The van der Waals surface area contributed by atoms with Crippen LogP contribution >= 0.6 is 0 Å². The molecule has 0 saturated heterocycles. The number of hydrogen-bond acceptors (Lipinski definition) is 15. The standard InChI is InChI=1S/C57H64O15/c1-3-51(59)67-35-13-7-5-11-33-65-44-25-29-46(30-26-44)69-54(61)39-17-21-41(22-18-39)56(63)71-50-37-43(38-58)53(49-16-10-9-15-48(49)50)72-57(64)42-23-19-40(20-24-42)55(62)70-47-31-27-45(28-32-47)66-34-12-6-8-14-36-68-52(60)4-2/h3-4,9-10,15-16,25-32,37-42H,1-2,5-8,11-14,17-24,33-36H2/t39-,40-,41-,42-. The number of esters is 6. The lowest BCUT2D eigenvalue weighted by Crippen LogP contribution is -2.30. The predicted octanol–water partition coefficient (Wildman–Crippen LogP) is 10.6. The van der Waals surface area contributed by atoms with E-state index in [0.717, 1.165) is 63.5 Å². The Morgan fingerprint density at radius 3 is 1.21 bits per heavy atom. The summed E-state index contributed by atoms with van der Waals surface area (Å²) in [5.74, 6) is -2.04. The highest BCUT2D eigenvalue weighted by Crippen LogP contribution is 2.40. The van der Waals surface area contributed by atoms with E-state index < -0.39 is 47.5 Å². The molecule has 0 N–H and O–H groups in total. The quantitative estimate of drug-likeness (QED) is 0.0180. The van der Waals surface area contributed by atoms with E-state index in [0.29, 0.717) is 118 Å². The van der Waals surface area contributed by atoms with Crippen LogP contribution in [-0.4, -0.2) is 68.5 Å². The molecule has 2 aliphatic carbocycles. The van der Waals surface area contributed by atoms with Gasteiger partial charge in [0.15, 0.2) is 6.29 Å². The summed E-state index contributed by atoms with van der Waals surface area (Å²) < 4.78 is 44.8. The summed E-state index contributed by atoms with van der Waals surface area (Å²) in [5, 5.41) is 0.910. The van der Waals surface area contributed by atoms with Crippen molar-refractivity contribution in [1.82, 2.24) is 0 Å². The van der Waals surface area contributed by atoms with E-state index in [4.69, 9.17) is 37.9 Å². The minimum atomic E-state index is -0.521. The molecule has 0 spiro atoms. The van der Waals surface area contributed by atoms with Crippen LogP contribution in [0, 0.1) is 23.7 Å². The molecular formula is C57H64O15. The zero-order valence-electron chi connectivity index (χ0n) is 40.7. The number of hydrogen-bond donors (Lipinski definition) is 0. The Labute approximate surface area is 420 Å². The molecule has 4 aromatic rings. The number of ether oxygens (including phenoxy) is 8. The van der Waals surface area contributed by atoms with Crippen LogP contribution < -0.4 is 28.4 Å². The molecule has 0 heterocycles. The first-order valence-electron chi connectivity index (χ1n) is 25.0. The monoisotopic (exact) mass is 988 g/mol. The van der Waals surface area contributed by atoms with Gasteiger partial charge in [-0.15, -0.1) is 0 Å². The van der Waals surface area contributed by atoms with E-state index in [1.54, 1.807) is 72.8 Å². The number of carbonyl (C=O) groups excluding carboxylic acids is 7. The normalized spacial score (nSPS) is 17.3. The number of rotatable bonds is 27. The minimum absolute atomic E-state index is 0.0442. The molecular weight excluding hydrogens is 925 g/mol. The van der Waals surface area contributed by atoms with Crippen molar-refractivity contribution in [3.8, 4) is 34.5 Å². The van der Waals surface area contributed by atoms with Crippen molar-refractivity contribution in [2.75, 3.05) is 26.4 Å². The molecule has 72 heavy (non-hydrogen) atoms. The zero-order chi connectivity index (χ0) is 51.1. The molecule has 2 fully saturated rings. The van der Waals surface area contributed by atoms with Crippen LogP contribution in [0.15, 0.2) is 104 Å². The van der Waals surface area contributed by atoms with E-state index in [1.807, 2.05) is 0 Å². The van der Waals surface area contributed by atoms with E-state index in [-0.39, 0.29) is 29.0 Å². The van der Waals surface area contributed by atoms with Crippen molar-refractivity contribution in [2.24, 2.45) is 23.7 Å². The number of fused-ring (bicyclic) bond motifs is 1. The van der Waals surface area contributed by atoms with Crippen molar-refractivity contribution in [3.05, 3.63) is 110 Å². The third-order valence-electron chi connectivity index (χ3n) is 12.8. The van der Waals surface area contributed by atoms with Crippen LogP contribution in [-0.2, 0) is 38.2 Å². The molecule has 382 valence electrons. The van der Waals surface area contributed by atoms with Gasteiger partial charge in [-0.25, -0.2) is 9.59 Å². The van der Waals surface area contributed by atoms with Gasteiger partial charge >= 0.3 is 35.8 Å². The smallest absolute Gasteiger partial charge is 0.330 e. The zero-order valence-corrected chi connectivity index (χ0v) is 40.7. The molecule has 0 unspecified atom stereocenters. The summed E-state index contributed by atoms with van der Waals surface area (Å²) in [6.45, 7) is 8.54. The molecule has 2 saturated carbocycles. The van der Waals surface area contributed by atoms with Crippen LogP contribution in [0.4, 0.5) is 0 Å². The predicted molar refractivity (Wildman–Crippen MR) is 266 cm³/mol. The van der Waals surface area contributed by atoms with Crippen molar-refractivity contribution < 1.29 is 71.5 Å². The Bertz CT molecular complexity index is 2480. The van der Waals surface area contributed by atoms with E-state index >= 15 is 0 Å². The molecule has 0 aliphatic heterocycles. The average Bonchev–Trinajstić information content (AvgIpc) is 3.41. The molecule has 0 bridgehead atoms. The van der Waals surface area contributed by atoms with Crippen molar-refractivity contribution >= 4 is 52.9 Å². The number of unbranched alkanes of at least 4 members (excludes halogenated alkanes) is 6. The second-order valence-corrected chi connectivity index (χ2v) is 17.9. The van der Waals surface area contributed by atoms with Crippen LogP contribution in [0.2, 0.25) is 0 Å². The van der Waals surface area contributed by atoms with Gasteiger partial charge in [0.1, 0.15) is 34.5 Å². The highest BCUT2D eigenvalue weighted by molar-refractivity contribution is 6.02. The van der Waals surface area contributed by atoms with E-state index in [2.05, 4.69) is 13.2 Å². The SMILES string of the molecule is C=CC(=O)OCCCCCCOc1ccc(OC(=O)[C@H]2CC[C@H](C(=O)Oc3cc(C=O)c(OC(=O)[C@H]4CC[C@H](C(=O)Oc5ccc(OCCCCCCOC(=O)C=C)cc5)CC4)c4ccccc34)CC2)cc1. The molecule has 0 amide bonds. The van der Waals surface area contributed by atoms with Gasteiger partial charge in [-0.3, -0.25) is 24.0 Å². The first-order valence-corrected chi connectivity index (χ1v) is 25.0. The summed E-state index contributed by atoms with van der Waals surface area (Å²) in [7, 11) is 0. The molecule has 2 aliphatic rings. The lowest BCUT2D eigenvalue weighted by Gasteiger charge is -2.26. The Morgan fingerprint density at radius 2 is 0.806 bits per heavy atom. The maximum absolute atomic E-state index is 13.6. The van der Waals surface area contributed by atoms with Gasteiger partial charge in [0.25, 0.3) is 0 Å². The average molecular weight is 989 g/mol. The third-order valence-corrected chi connectivity index (χ3v) is 12.8. The Balaban J connectivity index is 0.908. The first kappa shape index (κ1) is 54.1. The Morgan fingerprint density at radius 1 is 0.444 bits per heavy atom. The maximum atomic E-state index is 13.6. The minimum Gasteiger partial charge on any atom is -0.494 e. The molecule has 0 atom stereocenters. The topological polar surface area (TPSA) is 193 Å². The second-order valence-electron chi connectivity index (χ2n) is 17.9. The molecule has 15 heteroatoms. The molecule has 0 aromatic heterocycles. The number of aldehydes is 1. The van der Waals surface area contributed by atoms with Gasteiger partial charge < -0.3 is 37.9 Å². The number of benzene rings is 4. The van der Waals surface area contributed by atoms with Gasteiger partial charge in [-0.05, 0) is 157 Å². The second kappa shape index (κ2) is 28.5. The van der Waals surface area contributed by atoms with Gasteiger partial charge in [-0.1, -0.05) is 37.4 Å². The van der Waals surface area contributed by atoms with Crippen LogP contribution in [0.3, 0.4) is 0 Å². The largest absolute Gasteiger partial charge is 0.494 e. The Hall–Kier alpha value is -7.29. The summed E-state index contributed by atoms with van der Waals surface area (Å²) in [6.07, 6.45) is 13.1. The van der Waals surface area contributed by atoms with Gasteiger partial charge in [-0.2, -0.15) is 0 Å². The fraction of sp³-hybridized carbons (Fsp3) is 0.421. The summed E-state index contributed by atoms with van der Waals surface area (Å²) in [5.41, 5.74) is 0.0442. The molecule has 6 rings (SSSR count). The lowest BCUT2D eigenvalue weighted by atomic mass is 9.82. The van der Waals surface area contributed by atoms with Crippen LogP contribution in [0.1, 0.15) is 113 Å². The summed E-state index contributed by atoms with van der Waals surface area (Å²) >= 11 is 0. The number of carbonyl (C=O) groups is 7. The summed E-state index contributed by atoms with van der Waals surface area (Å²) in [4.78, 5) is 88.0. The highest BCUT2D eigenvalue weighted by Gasteiger charge is 2.35. The van der Waals surface area contributed by atoms with Crippen LogP contribution in [0.25, 0.3) is 10.8 Å². The van der Waals surface area contributed by atoms with Gasteiger partial charge in [0.05, 0.1) is 55.7 Å². The molecule has 15 nitrogen and oxygen atoms in total. The summed E-state index contributed by atoms with van der Waals surface area (Å²) in [6, 6.07) is 22.0. The molecule has 4 aromatic carbocycles. The van der Waals surface area contributed by atoms with Gasteiger partial charge in [0.2, 0.25) is 0 Å². The lowest BCUT2D eigenvalue weighted by molar-refractivity contribution is -0.145. The van der Waals surface area contributed by atoms with E-state index in [9.17, 15) is 33.6 Å². The fourth-order valence-electron chi connectivity index (χ4n) is 8.69. The van der Waals surface area contributed by atoms with Crippen molar-refractivity contribution in [3.63, 3.8) is 0 Å².